The highest BCUT2D eigenvalue weighted by molar-refractivity contribution is 7.92. The largest absolute Gasteiger partial charge is 0.490 e. The van der Waals surface area contributed by atoms with E-state index < -0.39 is 27.7 Å². The number of hydrogen-bond acceptors (Lipinski definition) is 10. The second-order valence-corrected chi connectivity index (χ2v) is 13.2. The van der Waals surface area contributed by atoms with E-state index in [0.29, 0.717) is 42.8 Å². The Morgan fingerprint density at radius 1 is 1.18 bits per heavy atom. The van der Waals surface area contributed by atoms with Gasteiger partial charge in [0, 0.05) is 32.8 Å². The summed E-state index contributed by atoms with van der Waals surface area (Å²) in [6, 6.07) is 9.49. The summed E-state index contributed by atoms with van der Waals surface area (Å²) in [5.74, 6) is -0.709. The Bertz CT molecular complexity index is 1570. The maximum absolute atomic E-state index is 13.3. The molecule has 0 radical (unpaired) electrons. The predicted octanol–water partition coefficient (Wildman–Crippen LogP) is 3.83. The number of sulfonamides is 1. The van der Waals surface area contributed by atoms with E-state index in [1.807, 2.05) is 6.07 Å². The molecule has 1 aliphatic rings. The molecule has 12 nitrogen and oxygen atoms in total. The molecule has 3 aromatic rings. The second-order valence-electron chi connectivity index (χ2n) is 11.2. The second kappa shape index (κ2) is 14.1. The molecule has 1 aromatic carbocycles. The summed E-state index contributed by atoms with van der Waals surface area (Å²) in [6.45, 7) is 5.83. The third kappa shape index (κ3) is 10.1. The number of aromatic nitrogens is 3. The number of alkyl halides is 3. The summed E-state index contributed by atoms with van der Waals surface area (Å²) in [5.41, 5.74) is 6.85. The van der Waals surface area contributed by atoms with Gasteiger partial charge >= 0.3 is 12.1 Å². The van der Waals surface area contributed by atoms with E-state index in [4.69, 9.17) is 24.8 Å². The average Bonchev–Trinajstić information content (AvgIpc) is 3.40. The van der Waals surface area contributed by atoms with Crippen molar-refractivity contribution in [1.82, 2.24) is 15.2 Å². The number of nitrogens with two attached hydrogens (primary N) is 1. The fourth-order valence-corrected chi connectivity index (χ4v) is 4.66. The zero-order valence-electron chi connectivity index (χ0n) is 25.4. The van der Waals surface area contributed by atoms with Crippen molar-refractivity contribution in [2.75, 3.05) is 49.3 Å². The molecule has 2 unspecified atom stereocenters. The van der Waals surface area contributed by atoms with Crippen LogP contribution in [0.3, 0.4) is 0 Å². The minimum atomic E-state index is -5.08. The van der Waals surface area contributed by atoms with Gasteiger partial charge in [0.15, 0.2) is 0 Å². The number of carboxylic acids is 1. The summed E-state index contributed by atoms with van der Waals surface area (Å²) in [4.78, 5) is 15.7. The normalized spacial score (nSPS) is 17.6. The minimum Gasteiger partial charge on any atom is -0.475 e. The number of carboxylic acid groups (broad SMARTS) is 1. The van der Waals surface area contributed by atoms with E-state index in [2.05, 4.69) is 27.0 Å². The molecule has 0 bridgehead atoms. The third-order valence-electron chi connectivity index (χ3n) is 7.13. The van der Waals surface area contributed by atoms with Crippen molar-refractivity contribution in [2.24, 2.45) is 17.6 Å². The molecule has 1 aliphatic carbocycles. The van der Waals surface area contributed by atoms with Gasteiger partial charge in [-0.25, -0.2) is 22.6 Å². The molecule has 45 heavy (non-hydrogen) atoms. The molecule has 17 heteroatoms. The summed E-state index contributed by atoms with van der Waals surface area (Å²) in [7, 11) is -0.485. The lowest BCUT2D eigenvalue weighted by Crippen LogP contribution is -2.35. The number of anilines is 2. The maximum Gasteiger partial charge on any atom is 0.490 e. The summed E-state index contributed by atoms with van der Waals surface area (Å²) in [5, 5.41) is 15.5. The van der Waals surface area contributed by atoms with Gasteiger partial charge in [-0.05, 0) is 61.4 Å². The molecular formula is C28H36F4N6O6S. The Morgan fingerprint density at radius 2 is 1.76 bits per heavy atom. The van der Waals surface area contributed by atoms with Crippen molar-refractivity contribution in [1.29, 1.82) is 0 Å². The summed E-state index contributed by atoms with van der Waals surface area (Å²) < 4.78 is 82.2. The van der Waals surface area contributed by atoms with Crippen molar-refractivity contribution in [3.63, 3.8) is 0 Å². The molecule has 3 N–H and O–H groups in total. The number of pyridine rings is 1. The first-order valence-corrected chi connectivity index (χ1v) is 15.5. The predicted molar refractivity (Wildman–Crippen MR) is 157 cm³/mol. The van der Waals surface area contributed by atoms with Crippen LogP contribution in [0.4, 0.5) is 29.2 Å². The summed E-state index contributed by atoms with van der Waals surface area (Å²) in [6.07, 6.45) is -2.48. The molecule has 4 rings (SSSR count). The van der Waals surface area contributed by atoms with Crippen LogP contribution in [-0.4, -0.2) is 81.0 Å². The number of ether oxygens (including phenoxy) is 1. The van der Waals surface area contributed by atoms with E-state index in [1.54, 1.807) is 32.2 Å². The van der Waals surface area contributed by atoms with Gasteiger partial charge < -0.3 is 24.9 Å². The Hall–Kier alpha value is -3.83. The van der Waals surface area contributed by atoms with Crippen molar-refractivity contribution in [3.05, 3.63) is 53.7 Å². The molecule has 2 heterocycles. The van der Waals surface area contributed by atoms with Crippen molar-refractivity contribution in [2.45, 2.75) is 38.4 Å². The van der Waals surface area contributed by atoms with Crippen LogP contribution in [-0.2, 0) is 31.5 Å². The topological polar surface area (TPSA) is 165 Å². The van der Waals surface area contributed by atoms with Crippen LogP contribution < -0.4 is 14.9 Å². The highest BCUT2D eigenvalue weighted by Gasteiger charge is 2.38. The molecule has 1 fully saturated rings. The molecule has 0 amide bonds. The van der Waals surface area contributed by atoms with Crippen LogP contribution in [0.2, 0.25) is 0 Å². The highest BCUT2D eigenvalue weighted by atomic mass is 32.2. The van der Waals surface area contributed by atoms with Gasteiger partial charge in [-0.3, -0.25) is 4.31 Å². The van der Waals surface area contributed by atoms with E-state index in [-0.39, 0.29) is 23.4 Å². The van der Waals surface area contributed by atoms with E-state index >= 15 is 0 Å². The average molecular weight is 661 g/mol. The number of methoxy groups -OCH3 is 1. The molecule has 0 spiro atoms. The molecule has 248 valence electrons. The van der Waals surface area contributed by atoms with Gasteiger partial charge in [-0.1, -0.05) is 19.1 Å². The first-order chi connectivity index (χ1) is 20.8. The lowest BCUT2D eigenvalue weighted by molar-refractivity contribution is -0.192. The smallest absolute Gasteiger partial charge is 0.475 e. The van der Waals surface area contributed by atoms with E-state index in [9.17, 15) is 26.0 Å². The monoisotopic (exact) mass is 660 g/mol. The molecule has 0 aliphatic heterocycles. The zero-order valence-corrected chi connectivity index (χ0v) is 26.2. The third-order valence-corrected chi connectivity index (χ3v) is 8.31. The SMILES string of the molecule is COCCN(CC1CC1C)c1cc(-c2nnc([C@](C)(N)Cc3ccc(F)cc3)o2)cc(N(C)S(C)(=O)=O)n1.O=C(O)C(F)(F)F. The molecule has 1 saturated carbocycles. The first kappa shape index (κ1) is 35.6. The quantitative estimate of drug-likeness (QED) is 0.271. The number of halogens is 4. The fourth-order valence-electron chi connectivity index (χ4n) is 4.23. The van der Waals surface area contributed by atoms with Crippen LogP contribution in [0.15, 0.2) is 40.8 Å². The molecule has 3 atom stereocenters. The number of benzene rings is 1. The molecular weight excluding hydrogens is 624 g/mol. The van der Waals surface area contributed by atoms with Gasteiger partial charge in [-0.2, -0.15) is 13.2 Å². The first-order valence-electron chi connectivity index (χ1n) is 13.7. The molecule has 0 saturated heterocycles. The standard InChI is InChI=1S/C26H35FN6O4S.C2HF3O2/c1-17-12-20(17)16-33(10-11-36-4)23-14-19(13-22(29-23)32(3)38(5,34)35)24-30-31-25(37-24)26(2,28)15-18-6-8-21(27)9-7-18;3-2(4,5)1(6)7/h6-9,13-14,17,20H,10-12,15-16,28H2,1-5H3;(H,6,7)/t17?,20?,26-;/m1./s1. The van der Waals surface area contributed by atoms with E-state index in [1.165, 1.54) is 19.2 Å². The number of aliphatic carboxylic acids is 1. The minimum absolute atomic E-state index is 0.189. The van der Waals surface area contributed by atoms with Crippen LogP contribution in [0.1, 0.15) is 31.7 Å². The molecule has 2 aromatic heterocycles. The van der Waals surface area contributed by atoms with Gasteiger partial charge in [0.25, 0.3) is 0 Å². The van der Waals surface area contributed by atoms with E-state index in [0.717, 1.165) is 29.1 Å². The highest BCUT2D eigenvalue weighted by Crippen LogP contribution is 2.39. The Kier molecular flexibility index (Phi) is 11.2. The van der Waals surface area contributed by atoms with Gasteiger partial charge in [0.05, 0.1) is 18.4 Å². The zero-order chi connectivity index (χ0) is 33.7. The fraction of sp³-hybridized carbons (Fsp3) is 0.500. The van der Waals surface area contributed by atoms with Crippen LogP contribution in [0.25, 0.3) is 11.5 Å². The van der Waals surface area contributed by atoms with Crippen LogP contribution in [0, 0.1) is 17.7 Å². The Balaban J connectivity index is 0.000000707. The van der Waals surface area contributed by atoms with Gasteiger partial charge in [0.1, 0.15) is 17.5 Å². The summed E-state index contributed by atoms with van der Waals surface area (Å²) >= 11 is 0. The number of hydrogen-bond donors (Lipinski definition) is 2. The van der Waals surface area contributed by atoms with Crippen molar-refractivity contribution in [3.8, 4) is 11.5 Å². The number of nitrogens with zero attached hydrogens (tertiary/aromatic N) is 5. The number of carbonyl (C=O) groups is 1. The van der Waals surface area contributed by atoms with Crippen molar-refractivity contribution >= 4 is 27.6 Å². The van der Waals surface area contributed by atoms with Crippen molar-refractivity contribution < 1.29 is 45.0 Å². The Morgan fingerprint density at radius 3 is 2.27 bits per heavy atom. The van der Waals surface area contributed by atoms with Gasteiger partial charge in [-0.15, -0.1) is 10.2 Å². The Labute approximate surface area is 258 Å². The van der Waals surface area contributed by atoms with Crippen LogP contribution >= 0.6 is 0 Å². The lowest BCUT2D eigenvalue weighted by Gasteiger charge is -2.26. The number of rotatable bonds is 12. The van der Waals surface area contributed by atoms with Crippen LogP contribution in [0.5, 0.6) is 0 Å². The van der Waals surface area contributed by atoms with Gasteiger partial charge in [0.2, 0.25) is 21.8 Å². The maximum atomic E-state index is 13.3. The lowest BCUT2D eigenvalue weighted by atomic mass is 9.94.